The Labute approximate surface area is 122 Å². The third-order valence-corrected chi connectivity index (χ3v) is 4.35. The predicted molar refractivity (Wildman–Crippen MR) is 78.8 cm³/mol. The lowest BCUT2D eigenvalue weighted by molar-refractivity contribution is 0.422. The van der Waals surface area contributed by atoms with Gasteiger partial charge in [0.2, 0.25) is 0 Å². The zero-order valence-corrected chi connectivity index (χ0v) is 12.1. The zero-order valence-electron chi connectivity index (χ0n) is 12.1. The molecule has 2 N–H and O–H groups in total. The third-order valence-electron chi connectivity index (χ3n) is 4.35. The first-order valence-electron chi connectivity index (χ1n) is 7.36. The molecule has 2 aromatic rings. The van der Waals surface area contributed by atoms with Gasteiger partial charge in [0, 0.05) is 18.5 Å². The minimum absolute atomic E-state index is 0.130. The highest BCUT2D eigenvalue weighted by Gasteiger charge is 2.24. The van der Waals surface area contributed by atoms with Gasteiger partial charge in [0.1, 0.15) is 17.3 Å². The van der Waals surface area contributed by atoms with Crippen molar-refractivity contribution in [2.75, 3.05) is 5.73 Å². The number of nitrogen functional groups attached to an aromatic ring is 1. The van der Waals surface area contributed by atoms with E-state index in [-0.39, 0.29) is 5.56 Å². The molecule has 5 heteroatoms. The summed E-state index contributed by atoms with van der Waals surface area (Å²) < 4.78 is 29.2. The molecule has 1 fully saturated rings. The van der Waals surface area contributed by atoms with Gasteiger partial charge in [0.25, 0.3) is 0 Å². The van der Waals surface area contributed by atoms with E-state index in [1.165, 1.54) is 31.4 Å². The van der Waals surface area contributed by atoms with Crippen molar-refractivity contribution < 1.29 is 8.78 Å². The summed E-state index contributed by atoms with van der Waals surface area (Å²) in [7, 11) is 1.84. The minimum atomic E-state index is -0.891. The van der Waals surface area contributed by atoms with E-state index < -0.39 is 11.6 Å². The maximum atomic E-state index is 14.0. The Morgan fingerprint density at radius 3 is 2.62 bits per heavy atom. The number of halogens is 2. The largest absolute Gasteiger partial charge is 0.383 e. The Morgan fingerprint density at radius 1 is 1.19 bits per heavy atom. The van der Waals surface area contributed by atoms with Crippen LogP contribution >= 0.6 is 0 Å². The number of anilines is 1. The molecule has 112 valence electrons. The van der Waals surface area contributed by atoms with Gasteiger partial charge in [-0.1, -0.05) is 25.3 Å². The maximum absolute atomic E-state index is 14.0. The van der Waals surface area contributed by atoms with E-state index in [0.29, 0.717) is 17.4 Å². The van der Waals surface area contributed by atoms with Crippen LogP contribution < -0.4 is 5.73 Å². The molecule has 0 spiro atoms. The van der Waals surface area contributed by atoms with Crippen molar-refractivity contribution in [3.63, 3.8) is 0 Å². The summed E-state index contributed by atoms with van der Waals surface area (Å²) in [6, 6.07) is 4.09. The van der Waals surface area contributed by atoms with Crippen molar-refractivity contribution in [2.24, 2.45) is 7.05 Å². The first kappa shape index (κ1) is 14.0. The predicted octanol–water partition coefficient (Wildman–Crippen LogP) is 4.00. The van der Waals surface area contributed by atoms with Crippen LogP contribution in [0.4, 0.5) is 14.6 Å². The van der Waals surface area contributed by atoms with Gasteiger partial charge < -0.3 is 10.3 Å². The summed E-state index contributed by atoms with van der Waals surface area (Å²) in [5.74, 6) is -0.142. The number of aromatic nitrogens is 2. The molecule has 1 saturated carbocycles. The number of hydrogen-bond donors (Lipinski definition) is 1. The van der Waals surface area contributed by atoms with Crippen LogP contribution in [0, 0.1) is 11.6 Å². The van der Waals surface area contributed by atoms with Crippen LogP contribution in [-0.2, 0) is 7.05 Å². The van der Waals surface area contributed by atoms with Crippen molar-refractivity contribution in [1.29, 1.82) is 0 Å². The van der Waals surface area contributed by atoms with Crippen molar-refractivity contribution in [3.05, 3.63) is 35.7 Å². The van der Waals surface area contributed by atoms with E-state index >= 15 is 0 Å². The van der Waals surface area contributed by atoms with Crippen molar-refractivity contribution in [2.45, 2.75) is 38.0 Å². The second kappa shape index (κ2) is 5.47. The average molecular weight is 291 g/mol. The monoisotopic (exact) mass is 291 g/mol. The molecule has 1 aromatic heterocycles. The second-order valence-corrected chi connectivity index (χ2v) is 5.70. The van der Waals surface area contributed by atoms with Gasteiger partial charge in [-0.3, -0.25) is 0 Å². The molecule has 3 rings (SSSR count). The van der Waals surface area contributed by atoms with E-state index in [2.05, 4.69) is 4.98 Å². The van der Waals surface area contributed by atoms with Crippen LogP contribution in [0.5, 0.6) is 0 Å². The molecule has 3 nitrogen and oxygen atoms in total. The average Bonchev–Trinajstić information content (AvgIpc) is 2.79. The van der Waals surface area contributed by atoms with Crippen LogP contribution in [0.25, 0.3) is 11.3 Å². The highest BCUT2D eigenvalue weighted by Crippen LogP contribution is 2.36. The number of imidazole rings is 1. The Bertz CT molecular complexity index is 658. The first-order chi connectivity index (χ1) is 10.1. The number of nitrogens with zero attached hydrogens (tertiary/aromatic N) is 2. The van der Waals surface area contributed by atoms with Crippen molar-refractivity contribution in [3.8, 4) is 11.3 Å². The number of benzene rings is 1. The van der Waals surface area contributed by atoms with Crippen LogP contribution in [0.2, 0.25) is 0 Å². The van der Waals surface area contributed by atoms with E-state index in [0.717, 1.165) is 24.7 Å². The SMILES string of the molecule is Cn1c(C2CCCCC2)nc(-c2cccc(F)c2F)c1N. The molecule has 0 atom stereocenters. The van der Waals surface area contributed by atoms with Crippen LogP contribution in [0.3, 0.4) is 0 Å². The summed E-state index contributed by atoms with van der Waals surface area (Å²) >= 11 is 0. The second-order valence-electron chi connectivity index (χ2n) is 5.70. The normalized spacial score (nSPS) is 16.3. The standard InChI is InChI=1S/C16H19F2N3/c1-21-15(19)14(11-8-5-9-12(17)13(11)18)20-16(21)10-6-3-2-4-7-10/h5,8-10H,2-4,6-7,19H2,1H3. The van der Waals surface area contributed by atoms with Gasteiger partial charge in [-0.15, -0.1) is 0 Å². The number of hydrogen-bond acceptors (Lipinski definition) is 2. The maximum Gasteiger partial charge on any atom is 0.168 e. The van der Waals surface area contributed by atoms with Gasteiger partial charge in [0.15, 0.2) is 11.6 Å². The molecule has 0 aliphatic heterocycles. The third kappa shape index (κ3) is 2.41. The van der Waals surface area contributed by atoms with Crippen LogP contribution in [-0.4, -0.2) is 9.55 Å². The Kier molecular flexibility index (Phi) is 3.66. The van der Waals surface area contributed by atoms with Gasteiger partial charge in [-0.2, -0.15) is 0 Å². The molecular formula is C16H19F2N3. The lowest BCUT2D eigenvalue weighted by atomic mass is 9.89. The molecule has 1 aliphatic carbocycles. The number of nitrogens with two attached hydrogens (primary N) is 1. The molecule has 0 radical (unpaired) electrons. The molecule has 0 saturated heterocycles. The summed E-state index contributed by atoms with van der Waals surface area (Å²) in [4.78, 5) is 4.54. The van der Waals surface area contributed by atoms with Crippen molar-refractivity contribution in [1.82, 2.24) is 9.55 Å². The van der Waals surface area contributed by atoms with E-state index in [1.54, 1.807) is 0 Å². The topological polar surface area (TPSA) is 43.8 Å². The van der Waals surface area contributed by atoms with E-state index in [1.807, 2.05) is 11.6 Å². The molecule has 0 amide bonds. The Morgan fingerprint density at radius 2 is 1.90 bits per heavy atom. The highest BCUT2D eigenvalue weighted by atomic mass is 19.2. The van der Waals surface area contributed by atoms with Gasteiger partial charge in [-0.25, -0.2) is 13.8 Å². The van der Waals surface area contributed by atoms with Gasteiger partial charge in [0.05, 0.1) is 0 Å². The number of rotatable bonds is 2. The van der Waals surface area contributed by atoms with Crippen LogP contribution in [0.15, 0.2) is 18.2 Å². The fraction of sp³-hybridized carbons (Fsp3) is 0.438. The van der Waals surface area contributed by atoms with E-state index in [9.17, 15) is 8.78 Å². The highest BCUT2D eigenvalue weighted by molar-refractivity contribution is 5.71. The summed E-state index contributed by atoms with van der Waals surface area (Å²) in [6.07, 6.45) is 5.77. The van der Waals surface area contributed by atoms with Crippen LogP contribution in [0.1, 0.15) is 43.8 Å². The molecule has 1 aliphatic rings. The van der Waals surface area contributed by atoms with E-state index in [4.69, 9.17) is 5.73 Å². The molecule has 0 unspecified atom stereocenters. The lowest BCUT2D eigenvalue weighted by Crippen LogP contribution is -2.11. The molecule has 21 heavy (non-hydrogen) atoms. The minimum Gasteiger partial charge on any atom is -0.383 e. The Balaban J connectivity index is 2.06. The molecular weight excluding hydrogens is 272 g/mol. The fourth-order valence-corrected chi connectivity index (χ4v) is 3.14. The quantitative estimate of drug-likeness (QED) is 0.909. The summed E-state index contributed by atoms with van der Waals surface area (Å²) in [5, 5.41) is 0. The van der Waals surface area contributed by atoms with Gasteiger partial charge >= 0.3 is 0 Å². The Hall–Kier alpha value is -1.91. The zero-order chi connectivity index (χ0) is 15.0. The molecule has 1 aromatic carbocycles. The van der Waals surface area contributed by atoms with Crippen molar-refractivity contribution >= 4 is 5.82 Å². The lowest BCUT2D eigenvalue weighted by Gasteiger charge is -2.21. The first-order valence-corrected chi connectivity index (χ1v) is 7.36. The summed E-state index contributed by atoms with van der Waals surface area (Å²) in [6.45, 7) is 0. The molecule has 0 bridgehead atoms. The fourth-order valence-electron chi connectivity index (χ4n) is 3.14. The smallest absolute Gasteiger partial charge is 0.168 e. The summed E-state index contributed by atoms with van der Waals surface area (Å²) in [5.41, 5.74) is 6.54. The molecule has 1 heterocycles. The van der Waals surface area contributed by atoms with Gasteiger partial charge in [-0.05, 0) is 25.0 Å².